The van der Waals surface area contributed by atoms with Crippen molar-refractivity contribution in [1.82, 2.24) is 0 Å². The van der Waals surface area contributed by atoms with E-state index in [1.54, 1.807) is 5.57 Å². The molecule has 0 amide bonds. The first-order valence-electron chi connectivity index (χ1n) is 14.2. The van der Waals surface area contributed by atoms with Crippen molar-refractivity contribution >= 4 is 28.9 Å². The lowest BCUT2D eigenvalue weighted by Gasteiger charge is -2.61. The maximum Gasteiger partial charge on any atom is 0.127 e. The minimum absolute atomic E-state index is 0.0193. The number of ether oxygens (including phenoxy) is 1. The lowest BCUT2D eigenvalue weighted by molar-refractivity contribution is -0.166. The monoisotopic (exact) mass is 564 g/mol. The zero-order valence-corrected chi connectivity index (χ0v) is 23.5. The van der Waals surface area contributed by atoms with Crippen LogP contribution in [-0.2, 0) is 9.53 Å². The van der Waals surface area contributed by atoms with Crippen LogP contribution in [0.3, 0.4) is 0 Å². The summed E-state index contributed by atoms with van der Waals surface area (Å²) in [4.78, 5) is 13.3. The molecule has 1 aliphatic heterocycles. The zero-order valence-electron chi connectivity index (χ0n) is 21.3. The minimum Gasteiger partial charge on any atom is -0.373 e. The van der Waals surface area contributed by atoms with Crippen molar-refractivity contribution in [2.45, 2.75) is 104 Å². The highest BCUT2D eigenvalue weighted by Gasteiger charge is 2.81. The Morgan fingerprint density at radius 2 is 1.94 bits per heavy atom. The van der Waals surface area contributed by atoms with Gasteiger partial charge in [-0.15, -0.1) is 0 Å². The Morgan fingerprint density at radius 1 is 1.18 bits per heavy atom. The average Bonchev–Trinajstić information content (AvgIpc) is 3.58. The molecule has 3 heteroatoms. The van der Waals surface area contributed by atoms with Gasteiger partial charge in [-0.25, -0.2) is 0 Å². The van der Waals surface area contributed by atoms with Crippen LogP contribution < -0.4 is 0 Å². The molecule has 5 aliphatic carbocycles. The summed E-state index contributed by atoms with van der Waals surface area (Å²) in [7, 11) is 0. The number of hydrogen-bond acceptors (Lipinski definition) is 2. The Balaban J connectivity index is 1.42. The molecule has 6 rings (SSSR count). The van der Waals surface area contributed by atoms with E-state index in [4.69, 9.17) is 4.74 Å². The van der Waals surface area contributed by atoms with Gasteiger partial charge in [0.1, 0.15) is 6.29 Å². The third-order valence-corrected chi connectivity index (χ3v) is 13.4. The maximum absolute atomic E-state index is 13.3. The van der Waals surface area contributed by atoms with Gasteiger partial charge in [-0.3, -0.25) is 0 Å². The van der Waals surface area contributed by atoms with E-state index in [1.807, 2.05) is 0 Å². The summed E-state index contributed by atoms with van der Waals surface area (Å²) in [6.07, 6.45) is 18.3. The highest BCUT2D eigenvalue weighted by Crippen LogP contribution is 2.84. The molecule has 0 aromatic carbocycles. The molecule has 0 aromatic rings. The van der Waals surface area contributed by atoms with Crippen LogP contribution in [0.15, 0.2) is 11.6 Å². The largest absolute Gasteiger partial charge is 0.373 e. The molecule has 10 atom stereocenters. The molecule has 0 radical (unpaired) electrons. The van der Waals surface area contributed by atoms with Crippen LogP contribution in [0.5, 0.6) is 0 Å². The standard InChI is InChI=1S/C30H45IO2/c1-18(2)25-13-22-14-29(17-32)24-10-9-19(3)23(24)15-30(22,28(25,29)4)27-12-21(26(16-31)33-27)11-20-7-5-6-8-20/h13,17-24,26-27H,5-12,14-16H2,1-4H3/t19-,21-,22?,23-,24-,26-,27-,28-,29?,30?/m1/s1. The maximum atomic E-state index is 13.3. The van der Waals surface area contributed by atoms with Crippen LogP contribution in [0.2, 0.25) is 0 Å². The van der Waals surface area contributed by atoms with Gasteiger partial charge in [0.15, 0.2) is 0 Å². The number of carbonyl (C=O) groups is 1. The zero-order chi connectivity index (χ0) is 23.2. The first kappa shape index (κ1) is 23.5. The molecule has 0 N–H and O–H groups in total. The van der Waals surface area contributed by atoms with E-state index in [0.29, 0.717) is 35.9 Å². The van der Waals surface area contributed by atoms with Crippen LogP contribution in [0, 0.1) is 57.7 Å². The molecular formula is C30H45IO2. The van der Waals surface area contributed by atoms with Gasteiger partial charge in [0.05, 0.1) is 12.2 Å². The number of alkyl halides is 1. The molecule has 5 fully saturated rings. The predicted molar refractivity (Wildman–Crippen MR) is 142 cm³/mol. The Morgan fingerprint density at radius 3 is 2.61 bits per heavy atom. The van der Waals surface area contributed by atoms with E-state index in [2.05, 4.69) is 56.4 Å². The third kappa shape index (κ3) is 2.85. The Bertz CT molecular complexity index is 829. The Kier molecular flexibility index (Phi) is 5.73. The van der Waals surface area contributed by atoms with Crippen LogP contribution in [0.25, 0.3) is 0 Å². The SMILES string of the molecule is CC(C)C1=CC2CC3(C=O)[C@@H]4CC[C@@H](C)[C@H]4CC2([C@H]2C[C@@H](CC4CCCC4)[C@@H](CI)O2)[C@]13C. The van der Waals surface area contributed by atoms with Gasteiger partial charge in [-0.2, -0.15) is 0 Å². The molecule has 3 unspecified atom stereocenters. The minimum atomic E-state index is -0.160. The van der Waals surface area contributed by atoms with Crippen molar-refractivity contribution in [2.75, 3.05) is 4.43 Å². The summed E-state index contributed by atoms with van der Waals surface area (Å²) in [5, 5.41) is 0. The van der Waals surface area contributed by atoms with Gasteiger partial charge in [-0.1, -0.05) is 94.0 Å². The number of halogens is 1. The normalized spacial score (nSPS) is 53.2. The van der Waals surface area contributed by atoms with Crippen LogP contribution in [0.1, 0.15) is 91.9 Å². The summed E-state index contributed by atoms with van der Waals surface area (Å²) < 4.78 is 8.30. The lowest BCUT2D eigenvalue weighted by atomic mass is 9.42. The van der Waals surface area contributed by atoms with E-state index in [-0.39, 0.29) is 16.2 Å². The second-order valence-corrected chi connectivity index (χ2v) is 14.5. The van der Waals surface area contributed by atoms with Crippen LogP contribution in [-0.4, -0.2) is 22.9 Å². The van der Waals surface area contributed by atoms with E-state index in [9.17, 15) is 4.79 Å². The third-order valence-electron chi connectivity index (χ3n) is 12.5. The summed E-state index contributed by atoms with van der Waals surface area (Å²) in [5.41, 5.74) is 1.57. The Labute approximate surface area is 215 Å². The summed E-state index contributed by atoms with van der Waals surface area (Å²) in [6.45, 7) is 9.78. The molecule has 1 heterocycles. The van der Waals surface area contributed by atoms with Crippen molar-refractivity contribution in [2.24, 2.45) is 57.7 Å². The van der Waals surface area contributed by atoms with Crippen molar-refractivity contribution in [3.8, 4) is 0 Å². The number of carbonyl (C=O) groups excluding carboxylic acids is 1. The number of allylic oxidation sites excluding steroid dienone is 2. The first-order chi connectivity index (χ1) is 15.8. The Hall–Kier alpha value is 0.1000. The summed E-state index contributed by atoms with van der Waals surface area (Å²) in [6, 6.07) is 0. The van der Waals surface area contributed by atoms with Crippen LogP contribution >= 0.6 is 22.6 Å². The van der Waals surface area contributed by atoms with Gasteiger partial charge < -0.3 is 9.53 Å². The molecule has 4 bridgehead atoms. The van der Waals surface area contributed by atoms with Gasteiger partial charge >= 0.3 is 0 Å². The number of fused-ring (bicyclic) bond motifs is 2. The lowest BCUT2D eigenvalue weighted by Crippen LogP contribution is -2.60. The molecule has 6 aliphatic rings. The molecule has 4 saturated carbocycles. The highest BCUT2D eigenvalue weighted by atomic mass is 127. The van der Waals surface area contributed by atoms with Crippen LogP contribution in [0.4, 0.5) is 0 Å². The van der Waals surface area contributed by atoms with Gasteiger partial charge in [-0.05, 0) is 73.5 Å². The van der Waals surface area contributed by atoms with Crippen molar-refractivity contribution in [3.63, 3.8) is 0 Å². The second kappa shape index (κ2) is 8.05. The molecule has 0 spiro atoms. The fraction of sp³-hybridized carbons (Fsp3) is 0.900. The smallest absolute Gasteiger partial charge is 0.127 e. The fourth-order valence-corrected chi connectivity index (χ4v) is 12.1. The van der Waals surface area contributed by atoms with E-state index in [0.717, 1.165) is 28.6 Å². The second-order valence-electron chi connectivity index (χ2n) is 13.6. The van der Waals surface area contributed by atoms with Crippen molar-refractivity contribution in [3.05, 3.63) is 11.6 Å². The molecule has 184 valence electrons. The topological polar surface area (TPSA) is 26.3 Å². The summed E-state index contributed by atoms with van der Waals surface area (Å²) >= 11 is 2.59. The van der Waals surface area contributed by atoms with Gasteiger partial charge in [0.25, 0.3) is 0 Å². The fourth-order valence-electron chi connectivity index (χ4n) is 11.1. The molecule has 33 heavy (non-hydrogen) atoms. The number of aldehydes is 1. The van der Waals surface area contributed by atoms with Gasteiger partial charge in [0.2, 0.25) is 0 Å². The molecular weight excluding hydrogens is 519 g/mol. The van der Waals surface area contributed by atoms with E-state index >= 15 is 0 Å². The highest BCUT2D eigenvalue weighted by molar-refractivity contribution is 14.1. The van der Waals surface area contributed by atoms with Crippen molar-refractivity contribution < 1.29 is 9.53 Å². The summed E-state index contributed by atoms with van der Waals surface area (Å²) in [5.74, 6) is 4.77. The molecule has 1 saturated heterocycles. The number of rotatable bonds is 6. The molecule has 2 nitrogen and oxygen atoms in total. The average molecular weight is 565 g/mol. The van der Waals surface area contributed by atoms with Crippen molar-refractivity contribution in [1.29, 1.82) is 0 Å². The molecule has 0 aromatic heterocycles. The predicted octanol–water partition coefficient (Wildman–Crippen LogP) is 7.64. The van der Waals surface area contributed by atoms with E-state index < -0.39 is 0 Å². The quantitative estimate of drug-likeness (QED) is 0.144. The van der Waals surface area contributed by atoms with E-state index in [1.165, 1.54) is 64.1 Å². The number of hydrogen-bond donors (Lipinski definition) is 0. The first-order valence-corrected chi connectivity index (χ1v) is 15.7. The van der Waals surface area contributed by atoms with Gasteiger partial charge in [0, 0.05) is 20.7 Å².